The normalized spacial score (nSPS) is 11.1. The minimum absolute atomic E-state index is 0. The standard InChI is InChI=1S/C29H44N2O4S.Na.H/c1-2-3-4-5-6-7-8-9-10-11-12-13-14-15-24-30-26-18-16-25(17-19-26)29(32)31-27-20-22-28(23-21-27)36(33,34)35;;/h16-23,30H,2-15,24H2,1H3,(H,31,32)(H,33,34,35);;. The Morgan fingerprint density at radius 1 is 0.676 bits per heavy atom. The molecule has 3 N–H and O–H groups in total. The third kappa shape index (κ3) is 15.0. The summed E-state index contributed by atoms with van der Waals surface area (Å²) in [6.07, 6.45) is 18.9. The van der Waals surface area contributed by atoms with E-state index in [-0.39, 0.29) is 40.4 Å². The van der Waals surface area contributed by atoms with Gasteiger partial charge in [0.05, 0.1) is 4.90 Å². The Hall–Kier alpha value is -1.38. The summed E-state index contributed by atoms with van der Waals surface area (Å²) in [6.45, 7) is 3.19. The van der Waals surface area contributed by atoms with E-state index in [0.29, 0.717) is 11.3 Å². The molecule has 0 atom stereocenters. The van der Waals surface area contributed by atoms with E-state index in [2.05, 4.69) is 17.6 Å². The molecule has 1 amide bonds. The first-order valence-corrected chi connectivity index (χ1v) is 15.1. The van der Waals surface area contributed by atoms with Crippen molar-refractivity contribution in [3.05, 3.63) is 54.1 Å². The molecule has 202 valence electrons. The van der Waals surface area contributed by atoms with E-state index in [1.165, 1.54) is 108 Å². The summed E-state index contributed by atoms with van der Waals surface area (Å²) in [4.78, 5) is 12.2. The van der Waals surface area contributed by atoms with Gasteiger partial charge in [0.1, 0.15) is 0 Å². The molecule has 8 heteroatoms. The number of benzene rings is 2. The molecule has 2 aromatic carbocycles. The van der Waals surface area contributed by atoms with Crippen molar-refractivity contribution in [3.8, 4) is 0 Å². The van der Waals surface area contributed by atoms with Crippen LogP contribution in [0.15, 0.2) is 53.4 Å². The molecule has 0 unspecified atom stereocenters. The van der Waals surface area contributed by atoms with E-state index >= 15 is 0 Å². The quantitative estimate of drug-likeness (QED) is 0.0978. The van der Waals surface area contributed by atoms with Crippen molar-refractivity contribution in [1.82, 2.24) is 0 Å². The summed E-state index contributed by atoms with van der Waals surface area (Å²) in [7, 11) is -4.25. The number of unbranched alkanes of at least 4 members (excludes halogenated alkanes) is 13. The molecular weight excluding hydrogens is 495 g/mol. The van der Waals surface area contributed by atoms with Crippen molar-refractivity contribution >= 4 is 57.0 Å². The van der Waals surface area contributed by atoms with E-state index < -0.39 is 10.1 Å². The second kappa shape index (κ2) is 19.7. The third-order valence-corrected chi connectivity index (χ3v) is 7.28. The van der Waals surface area contributed by atoms with Crippen LogP contribution in [0.3, 0.4) is 0 Å². The average Bonchev–Trinajstić information content (AvgIpc) is 2.86. The van der Waals surface area contributed by atoms with Crippen molar-refractivity contribution in [2.75, 3.05) is 17.2 Å². The number of rotatable bonds is 19. The molecule has 0 heterocycles. The molecule has 0 radical (unpaired) electrons. The van der Waals surface area contributed by atoms with Crippen LogP contribution in [-0.2, 0) is 10.1 Å². The fraction of sp³-hybridized carbons (Fsp3) is 0.552. The second-order valence-electron chi connectivity index (χ2n) is 9.55. The number of amides is 1. The molecule has 0 saturated heterocycles. The van der Waals surface area contributed by atoms with Crippen LogP contribution in [0.25, 0.3) is 0 Å². The van der Waals surface area contributed by atoms with Gasteiger partial charge in [0.2, 0.25) is 0 Å². The van der Waals surface area contributed by atoms with E-state index in [1.54, 1.807) is 12.1 Å². The molecule has 0 bridgehead atoms. The van der Waals surface area contributed by atoms with Gasteiger partial charge in [-0.1, -0.05) is 90.4 Å². The van der Waals surface area contributed by atoms with Gasteiger partial charge in [-0.2, -0.15) is 8.42 Å². The molecule has 0 aliphatic rings. The fourth-order valence-corrected chi connectivity index (χ4v) is 4.69. The summed E-state index contributed by atoms with van der Waals surface area (Å²) < 4.78 is 31.2. The van der Waals surface area contributed by atoms with Crippen molar-refractivity contribution in [2.24, 2.45) is 0 Å². The van der Waals surface area contributed by atoms with Crippen molar-refractivity contribution in [3.63, 3.8) is 0 Å². The Kier molecular flexibility index (Phi) is 17.9. The first kappa shape index (κ1) is 33.6. The van der Waals surface area contributed by atoms with Gasteiger partial charge in [-0.25, -0.2) is 0 Å². The molecule has 37 heavy (non-hydrogen) atoms. The van der Waals surface area contributed by atoms with Crippen LogP contribution in [0.1, 0.15) is 107 Å². The Morgan fingerprint density at radius 3 is 1.57 bits per heavy atom. The van der Waals surface area contributed by atoms with E-state index in [0.717, 1.165) is 18.7 Å². The topological polar surface area (TPSA) is 95.5 Å². The summed E-state index contributed by atoms with van der Waals surface area (Å²) >= 11 is 0. The van der Waals surface area contributed by atoms with Gasteiger partial charge in [0.25, 0.3) is 16.0 Å². The predicted octanol–water partition coefficient (Wildman–Crippen LogP) is 7.43. The molecule has 0 aliphatic carbocycles. The van der Waals surface area contributed by atoms with Gasteiger partial charge in [0.15, 0.2) is 0 Å². The Bertz CT molecular complexity index is 980. The number of anilines is 2. The first-order valence-electron chi connectivity index (χ1n) is 13.6. The fourth-order valence-electron chi connectivity index (χ4n) is 4.21. The molecule has 0 fully saturated rings. The Labute approximate surface area is 246 Å². The molecule has 2 rings (SSSR count). The molecular formula is C29H45N2NaO4S. The van der Waals surface area contributed by atoms with Crippen LogP contribution in [0.5, 0.6) is 0 Å². The number of carbonyl (C=O) groups excluding carboxylic acids is 1. The summed E-state index contributed by atoms with van der Waals surface area (Å²) in [5, 5.41) is 6.13. The SMILES string of the molecule is CCCCCCCCCCCCCCCCNc1ccc(C(=O)Nc2ccc(S(=O)(=O)O)cc2)cc1.[NaH]. The van der Waals surface area contributed by atoms with Gasteiger partial charge < -0.3 is 10.6 Å². The zero-order valence-electron chi connectivity index (χ0n) is 21.8. The molecule has 2 aromatic rings. The van der Waals surface area contributed by atoms with E-state index in [1.807, 2.05) is 12.1 Å². The van der Waals surface area contributed by atoms with Crippen LogP contribution in [-0.4, -0.2) is 55.0 Å². The number of carbonyl (C=O) groups is 1. The zero-order chi connectivity index (χ0) is 26.1. The van der Waals surface area contributed by atoms with Crippen LogP contribution in [0.4, 0.5) is 11.4 Å². The van der Waals surface area contributed by atoms with Crippen LogP contribution in [0.2, 0.25) is 0 Å². The zero-order valence-corrected chi connectivity index (χ0v) is 22.6. The van der Waals surface area contributed by atoms with Gasteiger partial charge in [-0.3, -0.25) is 9.35 Å². The van der Waals surface area contributed by atoms with Gasteiger partial charge >= 0.3 is 29.6 Å². The average molecular weight is 541 g/mol. The number of hydrogen-bond acceptors (Lipinski definition) is 4. The molecule has 0 saturated carbocycles. The van der Waals surface area contributed by atoms with Crippen LogP contribution < -0.4 is 10.6 Å². The van der Waals surface area contributed by atoms with Crippen LogP contribution >= 0.6 is 0 Å². The molecule has 0 aromatic heterocycles. The molecule has 0 spiro atoms. The summed E-state index contributed by atoms with van der Waals surface area (Å²) in [5.41, 5.74) is 1.95. The summed E-state index contributed by atoms with van der Waals surface area (Å²) in [6, 6.07) is 12.7. The van der Waals surface area contributed by atoms with E-state index in [4.69, 9.17) is 4.55 Å². The maximum atomic E-state index is 12.4. The van der Waals surface area contributed by atoms with Gasteiger partial charge in [-0.15, -0.1) is 0 Å². The van der Waals surface area contributed by atoms with Crippen molar-refractivity contribution in [2.45, 2.75) is 102 Å². The number of nitrogens with one attached hydrogen (secondary N) is 2. The third-order valence-electron chi connectivity index (χ3n) is 6.42. The predicted molar refractivity (Wildman–Crippen MR) is 157 cm³/mol. The van der Waals surface area contributed by atoms with Crippen LogP contribution in [0, 0.1) is 0 Å². The monoisotopic (exact) mass is 540 g/mol. The van der Waals surface area contributed by atoms with Gasteiger partial charge in [0, 0.05) is 23.5 Å². The maximum absolute atomic E-state index is 12.4. The Balaban J connectivity index is 0.00000684. The van der Waals surface area contributed by atoms with Gasteiger partial charge in [-0.05, 0) is 55.0 Å². The Morgan fingerprint density at radius 2 is 1.11 bits per heavy atom. The van der Waals surface area contributed by atoms with Crippen molar-refractivity contribution in [1.29, 1.82) is 0 Å². The molecule has 6 nitrogen and oxygen atoms in total. The molecule has 0 aliphatic heterocycles. The second-order valence-corrected chi connectivity index (χ2v) is 11.0. The summed E-state index contributed by atoms with van der Waals surface area (Å²) in [5.74, 6) is -0.284. The number of hydrogen-bond donors (Lipinski definition) is 3. The van der Waals surface area contributed by atoms with E-state index in [9.17, 15) is 13.2 Å². The first-order chi connectivity index (χ1) is 17.4. The van der Waals surface area contributed by atoms with Crippen molar-refractivity contribution < 1.29 is 17.8 Å². The minimum atomic E-state index is -4.25.